The van der Waals surface area contributed by atoms with Crippen LogP contribution in [0, 0.1) is 22.7 Å². The Balaban J connectivity index is 1.29. The summed E-state index contributed by atoms with van der Waals surface area (Å²) in [7, 11) is 0. The lowest BCUT2D eigenvalue weighted by molar-refractivity contribution is 0.669. The molecule has 0 amide bonds. The number of hydrogen-bond donors (Lipinski definition) is 0. The van der Waals surface area contributed by atoms with Crippen molar-refractivity contribution in [1.82, 2.24) is 9.13 Å². The van der Waals surface area contributed by atoms with Crippen molar-refractivity contribution in [3.8, 4) is 34.6 Å². The number of furan rings is 1. The van der Waals surface area contributed by atoms with Gasteiger partial charge in [0.1, 0.15) is 17.2 Å². The SMILES string of the molecule is N#Cc1cc(-n2c3ccccc3c3ccccc32)ccc1-c1cccc(C#N)c1-n1c2ccccc2c2ccc3oc4ccccc4c3c21. The van der Waals surface area contributed by atoms with Crippen molar-refractivity contribution in [3.63, 3.8) is 0 Å². The van der Waals surface area contributed by atoms with Gasteiger partial charge in [0.15, 0.2) is 0 Å². The molecule has 3 aromatic heterocycles. The predicted molar refractivity (Wildman–Crippen MR) is 197 cm³/mol. The lowest BCUT2D eigenvalue weighted by Crippen LogP contribution is -2.02. The maximum Gasteiger partial charge on any atom is 0.137 e. The molecule has 49 heavy (non-hydrogen) atoms. The highest BCUT2D eigenvalue weighted by Crippen LogP contribution is 2.44. The summed E-state index contributed by atoms with van der Waals surface area (Å²) in [4.78, 5) is 0. The van der Waals surface area contributed by atoms with Crippen LogP contribution in [0.15, 0.2) is 150 Å². The van der Waals surface area contributed by atoms with E-state index in [9.17, 15) is 10.5 Å². The Bertz CT molecular complexity index is 3030. The molecule has 0 spiro atoms. The van der Waals surface area contributed by atoms with Crippen molar-refractivity contribution < 1.29 is 4.42 Å². The predicted octanol–water partition coefficient (Wildman–Crippen LogP) is 11.2. The summed E-state index contributed by atoms with van der Waals surface area (Å²) in [6.07, 6.45) is 0. The fourth-order valence-corrected chi connectivity index (χ4v) is 7.79. The van der Waals surface area contributed by atoms with Gasteiger partial charge < -0.3 is 13.6 Å². The number of benzene rings is 7. The first-order valence-corrected chi connectivity index (χ1v) is 16.1. The Morgan fingerprint density at radius 3 is 1.76 bits per heavy atom. The first kappa shape index (κ1) is 27.1. The minimum absolute atomic E-state index is 0.514. The van der Waals surface area contributed by atoms with E-state index in [1.54, 1.807) is 0 Å². The molecule has 0 N–H and O–H groups in total. The zero-order chi connectivity index (χ0) is 32.6. The van der Waals surface area contributed by atoms with Crippen molar-refractivity contribution in [2.24, 2.45) is 0 Å². The third-order valence-corrected chi connectivity index (χ3v) is 9.81. The van der Waals surface area contributed by atoms with E-state index in [4.69, 9.17) is 4.42 Å². The van der Waals surface area contributed by atoms with Crippen molar-refractivity contribution >= 4 is 65.6 Å². The normalized spacial score (nSPS) is 11.6. The standard InChI is InChI=1S/C44H24N4O/c45-25-27-10-9-15-34(30-21-20-29(24-28(30)26-46)47-37-16-5-1-11-31(37)32-12-2-6-17-38(32)47)43(27)48-39-18-7-3-13-33(39)35-22-23-41-42(44(35)48)36-14-4-8-19-40(36)49-41/h1-24H. The lowest BCUT2D eigenvalue weighted by Gasteiger charge is -2.18. The van der Waals surface area contributed by atoms with E-state index in [2.05, 4.69) is 88.0 Å². The van der Waals surface area contributed by atoms with Crippen molar-refractivity contribution in [2.45, 2.75) is 0 Å². The molecule has 10 rings (SSSR count). The monoisotopic (exact) mass is 624 g/mol. The third kappa shape index (κ3) is 3.73. The molecule has 0 aliphatic carbocycles. The molecule has 0 atom stereocenters. The van der Waals surface area contributed by atoms with Crippen LogP contribution in [0.2, 0.25) is 0 Å². The Kier molecular flexibility index (Phi) is 5.64. The molecule has 0 bridgehead atoms. The highest BCUT2D eigenvalue weighted by atomic mass is 16.3. The van der Waals surface area contributed by atoms with Gasteiger partial charge in [0.25, 0.3) is 0 Å². The van der Waals surface area contributed by atoms with E-state index in [1.807, 2.05) is 78.9 Å². The van der Waals surface area contributed by atoms with E-state index in [0.717, 1.165) is 88.1 Å². The van der Waals surface area contributed by atoms with Gasteiger partial charge >= 0.3 is 0 Å². The summed E-state index contributed by atoms with van der Waals surface area (Å²) < 4.78 is 10.8. The maximum atomic E-state index is 10.7. The van der Waals surface area contributed by atoms with Crippen LogP contribution >= 0.6 is 0 Å². The molecule has 0 saturated carbocycles. The highest BCUT2D eigenvalue weighted by Gasteiger charge is 2.24. The summed E-state index contributed by atoms with van der Waals surface area (Å²) in [5, 5.41) is 27.8. The van der Waals surface area contributed by atoms with Gasteiger partial charge in [-0.1, -0.05) is 91.0 Å². The maximum absolute atomic E-state index is 10.7. The van der Waals surface area contributed by atoms with Gasteiger partial charge in [0.05, 0.1) is 50.3 Å². The molecule has 0 aliphatic heterocycles. The number of nitriles is 2. The smallest absolute Gasteiger partial charge is 0.137 e. The lowest BCUT2D eigenvalue weighted by atomic mass is 9.95. The Hall–Kier alpha value is -7.08. The molecule has 7 aromatic carbocycles. The number of para-hydroxylation sites is 5. The van der Waals surface area contributed by atoms with E-state index in [0.29, 0.717) is 11.1 Å². The molecule has 3 heterocycles. The van der Waals surface area contributed by atoms with Gasteiger partial charge in [-0.3, -0.25) is 0 Å². The molecule has 5 nitrogen and oxygen atoms in total. The van der Waals surface area contributed by atoms with Gasteiger partial charge in [-0.15, -0.1) is 0 Å². The van der Waals surface area contributed by atoms with Gasteiger partial charge in [-0.2, -0.15) is 10.5 Å². The van der Waals surface area contributed by atoms with Crippen molar-refractivity contribution in [3.05, 3.63) is 157 Å². The summed E-state index contributed by atoms with van der Waals surface area (Å²) in [5.74, 6) is 0. The molecular weight excluding hydrogens is 601 g/mol. The van der Waals surface area contributed by atoms with Crippen LogP contribution < -0.4 is 0 Å². The van der Waals surface area contributed by atoms with Crippen molar-refractivity contribution in [1.29, 1.82) is 10.5 Å². The first-order valence-electron chi connectivity index (χ1n) is 16.1. The molecule has 5 heteroatoms. The van der Waals surface area contributed by atoms with Crippen LogP contribution in [0.1, 0.15) is 11.1 Å². The summed E-state index contributed by atoms with van der Waals surface area (Å²) in [5.41, 5.74) is 9.91. The molecule has 226 valence electrons. The largest absolute Gasteiger partial charge is 0.456 e. The Morgan fingerprint density at radius 2 is 1.06 bits per heavy atom. The van der Waals surface area contributed by atoms with Crippen LogP contribution in [0.4, 0.5) is 0 Å². The highest BCUT2D eigenvalue weighted by molar-refractivity contribution is 6.24. The Morgan fingerprint density at radius 1 is 0.449 bits per heavy atom. The topological polar surface area (TPSA) is 70.6 Å². The summed E-state index contributed by atoms with van der Waals surface area (Å²) in [6.45, 7) is 0. The fraction of sp³-hybridized carbons (Fsp3) is 0. The minimum atomic E-state index is 0.514. The second-order valence-corrected chi connectivity index (χ2v) is 12.3. The molecule has 0 unspecified atom stereocenters. The van der Waals surface area contributed by atoms with Gasteiger partial charge in [-0.05, 0) is 54.6 Å². The van der Waals surface area contributed by atoms with Crippen molar-refractivity contribution in [2.75, 3.05) is 0 Å². The molecule has 0 fully saturated rings. The number of aromatic nitrogens is 2. The zero-order valence-corrected chi connectivity index (χ0v) is 26.1. The van der Waals surface area contributed by atoms with Gasteiger partial charge in [0, 0.05) is 43.7 Å². The van der Waals surface area contributed by atoms with E-state index in [-0.39, 0.29) is 0 Å². The number of nitrogens with zero attached hydrogens (tertiary/aromatic N) is 4. The molecule has 0 radical (unpaired) electrons. The van der Waals surface area contributed by atoms with Crippen LogP contribution in [0.25, 0.3) is 88.1 Å². The Labute approximate surface area is 280 Å². The molecular formula is C44H24N4O. The zero-order valence-electron chi connectivity index (χ0n) is 26.1. The number of rotatable bonds is 3. The van der Waals surface area contributed by atoms with Crippen LogP contribution in [-0.2, 0) is 0 Å². The van der Waals surface area contributed by atoms with Crippen LogP contribution in [-0.4, -0.2) is 9.13 Å². The molecule has 0 saturated heterocycles. The van der Waals surface area contributed by atoms with Gasteiger partial charge in [-0.25, -0.2) is 0 Å². The van der Waals surface area contributed by atoms with E-state index >= 15 is 0 Å². The second-order valence-electron chi connectivity index (χ2n) is 12.3. The van der Waals surface area contributed by atoms with E-state index < -0.39 is 0 Å². The average Bonchev–Trinajstić information content (AvgIpc) is 3.82. The molecule has 0 aliphatic rings. The number of hydrogen-bond acceptors (Lipinski definition) is 3. The van der Waals surface area contributed by atoms with Gasteiger partial charge in [0.2, 0.25) is 0 Å². The number of fused-ring (bicyclic) bond motifs is 10. The van der Waals surface area contributed by atoms with E-state index in [1.165, 1.54) is 0 Å². The quantitative estimate of drug-likeness (QED) is 0.196. The van der Waals surface area contributed by atoms with Crippen LogP contribution in [0.5, 0.6) is 0 Å². The van der Waals surface area contributed by atoms with Crippen LogP contribution in [0.3, 0.4) is 0 Å². The summed E-state index contributed by atoms with van der Waals surface area (Å²) in [6, 6.07) is 54.0. The summed E-state index contributed by atoms with van der Waals surface area (Å²) >= 11 is 0. The average molecular weight is 625 g/mol. The minimum Gasteiger partial charge on any atom is -0.456 e. The fourth-order valence-electron chi connectivity index (χ4n) is 7.79. The first-order chi connectivity index (χ1) is 24.2. The third-order valence-electron chi connectivity index (χ3n) is 9.81. The molecule has 10 aromatic rings. The second kappa shape index (κ2) is 10.2.